The Morgan fingerprint density at radius 3 is 2.62 bits per heavy atom. The number of hydrazine groups is 1. The predicted octanol–water partition coefficient (Wildman–Crippen LogP) is 1.89. The van der Waals surface area contributed by atoms with Gasteiger partial charge in [-0.15, -0.1) is 0 Å². The normalized spacial score (nSPS) is 21.9. The third-order valence-electron chi connectivity index (χ3n) is 4.01. The number of hydrogen-bond acceptors (Lipinski definition) is 3. The molecule has 90 valence electrons. The average Bonchev–Trinajstić information content (AvgIpc) is 2.67. The predicted molar refractivity (Wildman–Crippen MR) is 64.5 cm³/mol. The molecule has 3 N–H and O–H groups in total. The van der Waals surface area contributed by atoms with Gasteiger partial charge in [0, 0.05) is 13.2 Å². The van der Waals surface area contributed by atoms with Crippen LogP contribution in [0.4, 0.5) is 0 Å². The molecule has 0 amide bonds. The molecule has 1 aliphatic rings. The van der Waals surface area contributed by atoms with Gasteiger partial charge in [0.25, 0.3) is 0 Å². The number of nitrogens with two attached hydrogens (primary N) is 1. The first-order valence-corrected chi connectivity index (χ1v) is 6.11. The molecule has 0 bridgehead atoms. The monoisotopic (exact) mass is 222 g/mol. The SMILES string of the molecule is Cn1nccc1C(NN)C1(C)CCCCC1. The molecular formula is C12H22N4. The van der Waals surface area contributed by atoms with E-state index in [0.29, 0.717) is 0 Å². The summed E-state index contributed by atoms with van der Waals surface area (Å²) >= 11 is 0. The molecule has 1 saturated carbocycles. The smallest absolute Gasteiger partial charge is 0.0682 e. The maximum absolute atomic E-state index is 5.76. The molecule has 1 unspecified atom stereocenters. The highest BCUT2D eigenvalue weighted by Crippen LogP contribution is 2.44. The lowest BCUT2D eigenvalue weighted by Gasteiger charge is -2.40. The number of aromatic nitrogens is 2. The van der Waals surface area contributed by atoms with Crippen molar-refractivity contribution in [3.63, 3.8) is 0 Å². The molecule has 0 radical (unpaired) electrons. The minimum Gasteiger partial charge on any atom is -0.271 e. The maximum atomic E-state index is 5.76. The van der Waals surface area contributed by atoms with Crippen molar-refractivity contribution in [1.82, 2.24) is 15.2 Å². The molecule has 1 aliphatic carbocycles. The molecular weight excluding hydrogens is 200 g/mol. The lowest BCUT2D eigenvalue weighted by molar-refractivity contribution is 0.139. The number of hydrogen-bond donors (Lipinski definition) is 2. The third-order valence-corrected chi connectivity index (χ3v) is 4.01. The number of rotatable bonds is 3. The van der Waals surface area contributed by atoms with Crippen LogP contribution in [0.2, 0.25) is 0 Å². The first-order valence-electron chi connectivity index (χ1n) is 6.11. The molecule has 16 heavy (non-hydrogen) atoms. The minimum atomic E-state index is 0.209. The van der Waals surface area contributed by atoms with Crippen molar-refractivity contribution in [2.45, 2.75) is 45.1 Å². The van der Waals surface area contributed by atoms with Gasteiger partial charge < -0.3 is 0 Å². The van der Waals surface area contributed by atoms with Crippen LogP contribution in [-0.4, -0.2) is 9.78 Å². The Hall–Kier alpha value is -0.870. The van der Waals surface area contributed by atoms with Gasteiger partial charge in [-0.1, -0.05) is 26.2 Å². The van der Waals surface area contributed by atoms with Crippen LogP contribution >= 0.6 is 0 Å². The molecule has 0 aliphatic heterocycles. The van der Waals surface area contributed by atoms with Gasteiger partial charge in [-0.3, -0.25) is 16.0 Å². The highest BCUT2D eigenvalue weighted by molar-refractivity contribution is 5.11. The van der Waals surface area contributed by atoms with Crippen LogP contribution in [0.25, 0.3) is 0 Å². The Bertz CT molecular complexity index is 339. The van der Waals surface area contributed by atoms with Crippen molar-refractivity contribution in [2.75, 3.05) is 0 Å². The number of aryl methyl sites for hydroxylation is 1. The first kappa shape index (κ1) is 11.6. The van der Waals surface area contributed by atoms with E-state index in [1.54, 1.807) is 0 Å². The van der Waals surface area contributed by atoms with Gasteiger partial charge in [0.2, 0.25) is 0 Å². The molecule has 1 fully saturated rings. The van der Waals surface area contributed by atoms with Crippen LogP contribution < -0.4 is 11.3 Å². The van der Waals surface area contributed by atoms with Gasteiger partial charge in [-0.25, -0.2) is 0 Å². The topological polar surface area (TPSA) is 55.9 Å². The Kier molecular flexibility index (Phi) is 3.30. The zero-order valence-corrected chi connectivity index (χ0v) is 10.2. The molecule has 1 aromatic rings. The van der Waals surface area contributed by atoms with E-state index in [2.05, 4.69) is 23.5 Å². The van der Waals surface area contributed by atoms with E-state index in [1.165, 1.54) is 37.8 Å². The first-order chi connectivity index (χ1) is 7.67. The standard InChI is InChI=1S/C12H22N4/c1-12(7-4-3-5-8-12)11(15-13)10-6-9-14-16(10)2/h6,9,11,15H,3-5,7-8,13H2,1-2H3. The molecule has 4 nitrogen and oxygen atoms in total. The van der Waals surface area contributed by atoms with Crippen LogP contribution in [0.15, 0.2) is 12.3 Å². The van der Waals surface area contributed by atoms with Gasteiger partial charge in [0.15, 0.2) is 0 Å². The summed E-state index contributed by atoms with van der Waals surface area (Å²) in [4.78, 5) is 0. The van der Waals surface area contributed by atoms with Gasteiger partial charge >= 0.3 is 0 Å². The van der Waals surface area contributed by atoms with Gasteiger partial charge in [0.05, 0.1) is 11.7 Å². The second-order valence-corrected chi connectivity index (χ2v) is 5.19. The summed E-state index contributed by atoms with van der Waals surface area (Å²) < 4.78 is 1.92. The molecule has 0 saturated heterocycles. The maximum Gasteiger partial charge on any atom is 0.0682 e. The molecule has 0 spiro atoms. The second kappa shape index (κ2) is 4.55. The van der Waals surface area contributed by atoms with Crippen molar-refractivity contribution in [2.24, 2.45) is 18.3 Å². The molecule has 1 heterocycles. The van der Waals surface area contributed by atoms with E-state index in [4.69, 9.17) is 5.84 Å². The highest BCUT2D eigenvalue weighted by atomic mass is 15.3. The fourth-order valence-corrected chi connectivity index (χ4v) is 2.96. The van der Waals surface area contributed by atoms with Crippen LogP contribution in [0.5, 0.6) is 0 Å². The van der Waals surface area contributed by atoms with Crippen molar-refractivity contribution in [3.05, 3.63) is 18.0 Å². The summed E-state index contributed by atoms with van der Waals surface area (Å²) in [6.45, 7) is 2.34. The summed E-state index contributed by atoms with van der Waals surface area (Å²) in [6.07, 6.45) is 8.31. The number of nitrogens with zero attached hydrogens (tertiary/aromatic N) is 2. The van der Waals surface area contributed by atoms with Crippen molar-refractivity contribution < 1.29 is 0 Å². The minimum absolute atomic E-state index is 0.209. The fraction of sp³-hybridized carbons (Fsp3) is 0.750. The van der Waals surface area contributed by atoms with Gasteiger partial charge in [-0.05, 0) is 24.3 Å². The van der Waals surface area contributed by atoms with Crippen molar-refractivity contribution in [1.29, 1.82) is 0 Å². The largest absolute Gasteiger partial charge is 0.271 e. The number of nitrogens with one attached hydrogen (secondary N) is 1. The van der Waals surface area contributed by atoms with Gasteiger partial charge in [-0.2, -0.15) is 5.10 Å². The van der Waals surface area contributed by atoms with Crippen LogP contribution in [0, 0.1) is 5.41 Å². The average molecular weight is 222 g/mol. The zero-order valence-electron chi connectivity index (χ0n) is 10.2. The summed E-state index contributed by atoms with van der Waals surface area (Å²) in [7, 11) is 1.98. The van der Waals surface area contributed by atoms with E-state index in [-0.39, 0.29) is 11.5 Å². The quantitative estimate of drug-likeness (QED) is 0.606. The molecule has 0 aromatic carbocycles. The molecule has 1 aromatic heterocycles. The third kappa shape index (κ3) is 1.99. The Morgan fingerprint density at radius 1 is 1.44 bits per heavy atom. The Labute approximate surface area is 97.2 Å². The van der Waals surface area contributed by atoms with E-state index in [0.717, 1.165) is 0 Å². The second-order valence-electron chi connectivity index (χ2n) is 5.19. The zero-order chi connectivity index (χ0) is 11.6. The lowest BCUT2D eigenvalue weighted by Crippen LogP contribution is -2.42. The van der Waals surface area contributed by atoms with Crippen LogP contribution in [-0.2, 0) is 7.05 Å². The fourth-order valence-electron chi connectivity index (χ4n) is 2.96. The van der Waals surface area contributed by atoms with E-state index < -0.39 is 0 Å². The van der Waals surface area contributed by atoms with Gasteiger partial charge in [0.1, 0.15) is 0 Å². The van der Waals surface area contributed by atoms with Crippen LogP contribution in [0.1, 0.15) is 50.8 Å². The summed E-state index contributed by atoms with van der Waals surface area (Å²) in [5, 5.41) is 4.23. The molecule has 1 atom stereocenters. The molecule has 4 heteroatoms. The van der Waals surface area contributed by atoms with Crippen LogP contribution in [0.3, 0.4) is 0 Å². The summed E-state index contributed by atoms with van der Waals surface area (Å²) in [5.41, 5.74) is 4.45. The van der Waals surface area contributed by atoms with E-state index in [9.17, 15) is 0 Å². The summed E-state index contributed by atoms with van der Waals surface area (Å²) in [5.74, 6) is 5.76. The van der Waals surface area contributed by atoms with Crippen molar-refractivity contribution >= 4 is 0 Å². The van der Waals surface area contributed by atoms with E-state index in [1.807, 2.05) is 17.9 Å². The van der Waals surface area contributed by atoms with E-state index >= 15 is 0 Å². The molecule has 2 rings (SSSR count). The Morgan fingerprint density at radius 2 is 2.12 bits per heavy atom. The van der Waals surface area contributed by atoms with Crippen molar-refractivity contribution in [3.8, 4) is 0 Å². The Balaban J connectivity index is 2.24. The lowest BCUT2D eigenvalue weighted by atomic mass is 9.70. The summed E-state index contributed by atoms with van der Waals surface area (Å²) in [6, 6.07) is 2.27. The highest BCUT2D eigenvalue weighted by Gasteiger charge is 2.37.